The molecule has 12 heavy (non-hydrogen) atoms. The molecule has 0 spiro atoms. The molecule has 2 nitrogen and oxygen atoms in total. The molecule has 0 amide bonds. The minimum absolute atomic E-state index is 0.0880. The Morgan fingerprint density at radius 3 is 2.50 bits per heavy atom. The summed E-state index contributed by atoms with van der Waals surface area (Å²) in [6, 6.07) is -0.356. The van der Waals surface area contributed by atoms with Crippen molar-refractivity contribution in [2.45, 2.75) is 12.2 Å². The lowest BCUT2D eigenvalue weighted by Crippen LogP contribution is -2.31. The van der Waals surface area contributed by atoms with E-state index in [0.717, 1.165) is 6.26 Å². The van der Waals surface area contributed by atoms with Crippen molar-refractivity contribution in [2.24, 2.45) is 0 Å². The highest BCUT2D eigenvalue weighted by Gasteiger charge is 2.40. The van der Waals surface area contributed by atoms with E-state index in [4.69, 9.17) is 0 Å². The summed E-state index contributed by atoms with van der Waals surface area (Å²) in [7, 11) is 1.26. The van der Waals surface area contributed by atoms with Crippen LogP contribution in [0.2, 0.25) is 0 Å². The molecule has 0 saturated heterocycles. The second-order valence-electron chi connectivity index (χ2n) is 2.32. The van der Waals surface area contributed by atoms with Crippen LogP contribution in [0.15, 0.2) is 23.0 Å². The van der Waals surface area contributed by atoms with Gasteiger partial charge in [0.1, 0.15) is 6.04 Å². The zero-order valence-corrected chi connectivity index (χ0v) is 6.35. The molecule has 1 aromatic heterocycles. The maximum atomic E-state index is 12.2. The molecule has 1 aromatic rings. The highest BCUT2D eigenvalue weighted by molar-refractivity contribution is 5.13. The lowest BCUT2D eigenvalue weighted by molar-refractivity contribution is -0.156. The van der Waals surface area contributed by atoms with Gasteiger partial charge in [-0.3, -0.25) is 0 Å². The Bertz CT molecular complexity index is 229. The van der Waals surface area contributed by atoms with Gasteiger partial charge in [0, 0.05) is 5.56 Å². The van der Waals surface area contributed by atoms with Crippen LogP contribution in [0, 0.1) is 0 Å². The Morgan fingerprint density at radius 2 is 2.17 bits per heavy atom. The van der Waals surface area contributed by atoms with Gasteiger partial charge >= 0.3 is 6.18 Å². The normalized spacial score (nSPS) is 14.7. The molecule has 0 aromatic carbocycles. The van der Waals surface area contributed by atoms with Crippen LogP contribution >= 0.6 is 0 Å². The number of furan rings is 1. The van der Waals surface area contributed by atoms with Gasteiger partial charge in [0.25, 0.3) is 0 Å². The van der Waals surface area contributed by atoms with Crippen molar-refractivity contribution in [3.8, 4) is 0 Å². The van der Waals surface area contributed by atoms with Crippen LogP contribution in [0.3, 0.4) is 0 Å². The number of alkyl halides is 3. The van der Waals surface area contributed by atoms with Crippen molar-refractivity contribution in [3.63, 3.8) is 0 Å². The molecule has 1 unspecified atom stereocenters. The van der Waals surface area contributed by atoms with E-state index < -0.39 is 12.2 Å². The Morgan fingerprint density at radius 1 is 1.50 bits per heavy atom. The molecule has 1 rings (SSSR count). The zero-order chi connectivity index (χ0) is 9.19. The molecule has 0 aliphatic heterocycles. The third kappa shape index (κ3) is 1.79. The fourth-order valence-electron chi connectivity index (χ4n) is 0.959. The van der Waals surface area contributed by atoms with Crippen LogP contribution in [0.5, 0.6) is 0 Å². The molecule has 0 fully saturated rings. The smallest absolute Gasteiger partial charge is 0.408 e. The molecule has 5 heteroatoms. The summed E-state index contributed by atoms with van der Waals surface area (Å²) >= 11 is 0. The maximum absolute atomic E-state index is 12.2. The highest BCUT2D eigenvalue weighted by Crippen LogP contribution is 2.32. The molecule has 0 saturated carbocycles. The van der Waals surface area contributed by atoms with E-state index in [0.29, 0.717) is 0 Å². The first-order chi connectivity index (χ1) is 5.55. The molecule has 0 aliphatic rings. The van der Waals surface area contributed by atoms with Gasteiger partial charge in [-0.25, -0.2) is 0 Å². The summed E-state index contributed by atoms with van der Waals surface area (Å²) in [5.74, 6) is 0. The van der Waals surface area contributed by atoms with E-state index in [1.807, 2.05) is 0 Å². The second kappa shape index (κ2) is 3.18. The van der Waals surface area contributed by atoms with Gasteiger partial charge in [0.2, 0.25) is 0 Å². The first-order valence-corrected chi connectivity index (χ1v) is 3.32. The van der Waals surface area contributed by atoms with Gasteiger partial charge in [-0.15, -0.1) is 0 Å². The SMILES string of the molecule is CNC(c1ccoc1)C(F)(F)F. The summed E-state index contributed by atoms with van der Waals surface area (Å²) in [6.07, 6.45) is -1.99. The van der Waals surface area contributed by atoms with Crippen LogP contribution in [-0.2, 0) is 0 Å². The number of hydrogen-bond acceptors (Lipinski definition) is 2. The van der Waals surface area contributed by atoms with Crippen molar-refractivity contribution < 1.29 is 17.6 Å². The average molecular weight is 179 g/mol. The topological polar surface area (TPSA) is 25.2 Å². The van der Waals surface area contributed by atoms with E-state index in [2.05, 4.69) is 9.73 Å². The first kappa shape index (κ1) is 9.12. The molecule has 0 bridgehead atoms. The van der Waals surface area contributed by atoms with Gasteiger partial charge < -0.3 is 9.73 Å². The van der Waals surface area contributed by atoms with Crippen LogP contribution in [-0.4, -0.2) is 13.2 Å². The monoisotopic (exact) mass is 179 g/mol. The second-order valence-corrected chi connectivity index (χ2v) is 2.32. The van der Waals surface area contributed by atoms with Gasteiger partial charge in [-0.1, -0.05) is 0 Å². The zero-order valence-electron chi connectivity index (χ0n) is 6.35. The Labute approximate surface area is 67.4 Å². The van der Waals surface area contributed by atoms with Gasteiger partial charge in [-0.2, -0.15) is 13.2 Å². The molecule has 1 atom stereocenters. The Hall–Kier alpha value is -0.970. The highest BCUT2D eigenvalue weighted by atomic mass is 19.4. The fourth-order valence-corrected chi connectivity index (χ4v) is 0.959. The van der Waals surface area contributed by atoms with Crippen LogP contribution in [0.25, 0.3) is 0 Å². The minimum Gasteiger partial charge on any atom is -0.472 e. The van der Waals surface area contributed by atoms with Crippen LogP contribution in [0.1, 0.15) is 11.6 Å². The third-order valence-electron chi connectivity index (χ3n) is 1.49. The van der Waals surface area contributed by atoms with Gasteiger partial charge in [0.15, 0.2) is 0 Å². The predicted molar refractivity (Wildman–Crippen MR) is 36.6 cm³/mol. The summed E-state index contributed by atoms with van der Waals surface area (Å²) in [4.78, 5) is 0. The van der Waals surface area contributed by atoms with Gasteiger partial charge in [-0.05, 0) is 13.1 Å². The van der Waals surface area contributed by atoms with Crippen molar-refractivity contribution in [1.82, 2.24) is 5.32 Å². The molecule has 0 radical (unpaired) electrons. The van der Waals surface area contributed by atoms with Crippen molar-refractivity contribution in [2.75, 3.05) is 7.05 Å². The lowest BCUT2D eigenvalue weighted by atomic mass is 10.1. The van der Waals surface area contributed by atoms with E-state index in [-0.39, 0.29) is 5.56 Å². The van der Waals surface area contributed by atoms with E-state index in [9.17, 15) is 13.2 Å². The summed E-state index contributed by atoms with van der Waals surface area (Å²) in [6.45, 7) is 0. The molecular formula is C7H8F3NO. The third-order valence-corrected chi connectivity index (χ3v) is 1.49. The van der Waals surface area contributed by atoms with Crippen LogP contribution < -0.4 is 5.32 Å². The number of nitrogens with one attached hydrogen (secondary N) is 1. The lowest BCUT2D eigenvalue weighted by Gasteiger charge is -2.17. The number of halogens is 3. The van der Waals surface area contributed by atoms with Crippen molar-refractivity contribution in [1.29, 1.82) is 0 Å². The Balaban J connectivity index is 2.84. The maximum Gasteiger partial charge on any atom is 0.408 e. The number of rotatable bonds is 2. The summed E-state index contributed by atoms with van der Waals surface area (Å²) in [5.41, 5.74) is 0.0880. The summed E-state index contributed by atoms with van der Waals surface area (Å²) in [5, 5.41) is 2.16. The largest absolute Gasteiger partial charge is 0.472 e. The van der Waals surface area contributed by atoms with Crippen molar-refractivity contribution >= 4 is 0 Å². The Kier molecular flexibility index (Phi) is 2.42. The molecule has 0 aliphatic carbocycles. The van der Waals surface area contributed by atoms with Crippen molar-refractivity contribution in [3.05, 3.63) is 24.2 Å². The molecule has 1 N–H and O–H groups in total. The molecule has 68 valence electrons. The van der Waals surface area contributed by atoms with Gasteiger partial charge in [0.05, 0.1) is 12.5 Å². The van der Waals surface area contributed by atoms with E-state index >= 15 is 0 Å². The summed E-state index contributed by atoms with van der Waals surface area (Å²) < 4.78 is 41.1. The molecular weight excluding hydrogens is 171 g/mol. The number of hydrogen-bond donors (Lipinski definition) is 1. The molecule has 1 heterocycles. The van der Waals surface area contributed by atoms with E-state index in [1.54, 1.807) is 0 Å². The first-order valence-electron chi connectivity index (χ1n) is 3.32. The van der Waals surface area contributed by atoms with E-state index in [1.165, 1.54) is 19.4 Å². The minimum atomic E-state index is -4.28. The standard InChI is InChI=1S/C7H8F3NO/c1-11-6(7(8,9)10)5-2-3-12-4-5/h2-4,6,11H,1H3. The predicted octanol–water partition coefficient (Wildman–Crippen LogP) is 2.10. The average Bonchev–Trinajstić information content (AvgIpc) is 2.38. The van der Waals surface area contributed by atoms with Crippen LogP contribution in [0.4, 0.5) is 13.2 Å². The fraction of sp³-hybridized carbons (Fsp3) is 0.429. The quantitative estimate of drug-likeness (QED) is 0.752.